The zero-order chi connectivity index (χ0) is 18.7. The van der Waals surface area contributed by atoms with Gasteiger partial charge < -0.3 is 4.57 Å². The monoisotopic (exact) mass is 360 g/mol. The zero-order valence-corrected chi connectivity index (χ0v) is 13.8. The Hall–Kier alpha value is -3.16. The Morgan fingerprint density at radius 3 is 2.54 bits per heavy atom. The second kappa shape index (κ2) is 6.99. The summed E-state index contributed by atoms with van der Waals surface area (Å²) in [5.41, 5.74) is 3.78. The number of aryl methyl sites for hydroxylation is 1. The second-order valence-corrected chi connectivity index (χ2v) is 5.67. The van der Waals surface area contributed by atoms with Crippen LogP contribution in [0.25, 0.3) is 11.0 Å². The van der Waals surface area contributed by atoms with Crippen LogP contribution in [0, 0.1) is 0 Å². The summed E-state index contributed by atoms with van der Waals surface area (Å²) in [7, 11) is 1.82. The normalized spacial score (nSPS) is 12.0. The molecule has 1 heterocycles. The quantitative estimate of drug-likeness (QED) is 0.573. The summed E-state index contributed by atoms with van der Waals surface area (Å²) in [6, 6.07) is 12.0. The van der Waals surface area contributed by atoms with E-state index in [2.05, 4.69) is 15.5 Å². The highest BCUT2D eigenvalue weighted by atomic mass is 19.4. The molecule has 0 aliphatic rings. The number of hydrogen-bond donors (Lipinski definition) is 1. The van der Waals surface area contributed by atoms with E-state index in [0.29, 0.717) is 11.4 Å². The van der Waals surface area contributed by atoms with Gasteiger partial charge in [-0.15, -0.1) is 0 Å². The average molecular weight is 360 g/mol. The maximum absolute atomic E-state index is 12.5. The number of nitrogens with zero attached hydrogens (tertiary/aromatic N) is 3. The van der Waals surface area contributed by atoms with E-state index in [1.807, 2.05) is 35.9 Å². The molecule has 1 N–H and O–H groups in total. The molecule has 2 aromatic carbocycles. The van der Waals surface area contributed by atoms with E-state index in [1.165, 1.54) is 18.3 Å². The number of alkyl halides is 3. The number of amides is 1. The SMILES string of the molecule is Cn1c(CC(=O)N/N=C/c2ccc(C(F)(F)F)cc2)nc2ccccc21. The lowest BCUT2D eigenvalue weighted by Gasteiger charge is -2.05. The maximum Gasteiger partial charge on any atom is 0.416 e. The lowest BCUT2D eigenvalue weighted by atomic mass is 10.1. The predicted octanol–water partition coefficient (Wildman–Crippen LogP) is 3.28. The van der Waals surface area contributed by atoms with Crippen molar-refractivity contribution in [2.75, 3.05) is 0 Å². The molecule has 0 fully saturated rings. The van der Waals surface area contributed by atoms with Gasteiger partial charge in [0.1, 0.15) is 5.82 Å². The molecule has 26 heavy (non-hydrogen) atoms. The van der Waals surface area contributed by atoms with Crippen molar-refractivity contribution in [1.29, 1.82) is 0 Å². The highest BCUT2D eigenvalue weighted by molar-refractivity contribution is 5.84. The molecule has 0 saturated heterocycles. The molecule has 0 spiro atoms. The van der Waals surface area contributed by atoms with Crippen LogP contribution >= 0.6 is 0 Å². The fraction of sp³-hybridized carbons (Fsp3) is 0.167. The summed E-state index contributed by atoms with van der Waals surface area (Å²) in [5.74, 6) is 0.222. The van der Waals surface area contributed by atoms with Crippen LogP contribution in [0.3, 0.4) is 0 Å². The molecular weight excluding hydrogens is 345 g/mol. The molecule has 5 nitrogen and oxygen atoms in total. The Morgan fingerprint density at radius 2 is 1.88 bits per heavy atom. The first-order chi connectivity index (χ1) is 12.3. The summed E-state index contributed by atoms with van der Waals surface area (Å²) >= 11 is 0. The van der Waals surface area contributed by atoms with Crippen LogP contribution in [0.2, 0.25) is 0 Å². The molecule has 0 atom stereocenters. The van der Waals surface area contributed by atoms with Crippen molar-refractivity contribution in [3.63, 3.8) is 0 Å². The van der Waals surface area contributed by atoms with Crippen LogP contribution in [0.15, 0.2) is 53.6 Å². The Labute approximate surface area is 147 Å². The minimum absolute atomic E-state index is 0.0372. The smallest absolute Gasteiger partial charge is 0.331 e. The molecule has 3 rings (SSSR count). The molecule has 0 saturated carbocycles. The first-order valence-electron chi connectivity index (χ1n) is 7.74. The van der Waals surface area contributed by atoms with Crippen LogP contribution in [0.4, 0.5) is 13.2 Å². The number of carbonyl (C=O) groups is 1. The van der Waals surface area contributed by atoms with Crippen LogP contribution < -0.4 is 5.43 Å². The largest absolute Gasteiger partial charge is 0.416 e. The van der Waals surface area contributed by atoms with Gasteiger partial charge in [-0.3, -0.25) is 4.79 Å². The van der Waals surface area contributed by atoms with Gasteiger partial charge in [-0.1, -0.05) is 24.3 Å². The fourth-order valence-corrected chi connectivity index (χ4v) is 2.47. The summed E-state index contributed by atoms with van der Waals surface area (Å²) in [6.45, 7) is 0. The number of para-hydroxylation sites is 2. The van der Waals surface area contributed by atoms with Crippen molar-refractivity contribution in [2.24, 2.45) is 12.1 Å². The van der Waals surface area contributed by atoms with E-state index in [-0.39, 0.29) is 12.3 Å². The van der Waals surface area contributed by atoms with Gasteiger partial charge in [0.05, 0.1) is 29.2 Å². The number of halogens is 3. The van der Waals surface area contributed by atoms with E-state index in [1.54, 1.807) is 0 Å². The molecule has 0 unspecified atom stereocenters. The van der Waals surface area contributed by atoms with Gasteiger partial charge in [-0.25, -0.2) is 10.4 Å². The molecule has 8 heteroatoms. The Bertz CT molecular complexity index is 959. The number of rotatable bonds is 4. The molecule has 0 radical (unpaired) electrons. The van der Waals surface area contributed by atoms with Gasteiger partial charge in [0.15, 0.2) is 0 Å². The average Bonchev–Trinajstić information content (AvgIpc) is 2.91. The number of hydrogen-bond acceptors (Lipinski definition) is 3. The van der Waals surface area contributed by atoms with Gasteiger partial charge in [0, 0.05) is 7.05 Å². The molecule has 0 bridgehead atoms. The van der Waals surface area contributed by atoms with Crippen molar-refractivity contribution in [3.05, 3.63) is 65.5 Å². The number of benzene rings is 2. The van der Waals surface area contributed by atoms with Crippen LogP contribution in [-0.4, -0.2) is 21.7 Å². The minimum atomic E-state index is -4.38. The first-order valence-corrected chi connectivity index (χ1v) is 7.74. The summed E-state index contributed by atoms with van der Waals surface area (Å²) in [4.78, 5) is 16.4. The van der Waals surface area contributed by atoms with Crippen molar-refractivity contribution < 1.29 is 18.0 Å². The Kier molecular flexibility index (Phi) is 4.75. The Balaban J connectivity index is 1.61. The lowest BCUT2D eigenvalue weighted by Crippen LogP contribution is -2.21. The van der Waals surface area contributed by atoms with Gasteiger partial charge in [-0.2, -0.15) is 18.3 Å². The van der Waals surface area contributed by atoms with E-state index >= 15 is 0 Å². The van der Waals surface area contributed by atoms with E-state index in [4.69, 9.17) is 0 Å². The maximum atomic E-state index is 12.5. The third-order valence-corrected chi connectivity index (χ3v) is 3.84. The van der Waals surface area contributed by atoms with E-state index < -0.39 is 11.7 Å². The van der Waals surface area contributed by atoms with Gasteiger partial charge in [-0.05, 0) is 29.8 Å². The summed E-state index contributed by atoms with van der Waals surface area (Å²) < 4.78 is 39.3. The van der Waals surface area contributed by atoms with Crippen molar-refractivity contribution in [2.45, 2.75) is 12.6 Å². The molecule has 1 aromatic heterocycles. The topological polar surface area (TPSA) is 59.3 Å². The van der Waals surface area contributed by atoms with E-state index in [9.17, 15) is 18.0 Å². The second-order valence-electron chi connectivity index (χ2n) is 5.67. The molecule has 3 aromatic rings. The van der Waals surface area contributed by atoms with Crippen molar-refractivity contribution >= 4 is 23.2 Å². The number of imidazole rings is 1. The van der Waals surface area contributed by atoms with Crippen LogP contribution in [-0.2, 0) is 24.4 Å². The van der Waals surface area contributed by atoms with Gasteiger partial charge >= 0.3 is 6.18 Å². The highest BCUT2D eigenvalue weighted by Gasteiger charge is 2.29. The van der Waals surface area contributed by atoms with Crippen molar-refractivity contribution in [1.82, 2.24) is 15.0 Å². The third-order valence-electron chi connectivity index (χ3n) is 3.84. The lowest BCUT2D eigenvalue weighted by molar-refractivity contribution is -0.137. The number of fused-ring (bicyclic) bond motifs is 1. The van der Waals surface area contributed by atoms with E-state index in [0.717, 1.165) is 23.2 Å². The predicted molar refractivity (Wildman–Crippen MR) is 91.6 cm³/mol. The molecular formula is C18H15F3N4O. The number of carbonyl (C=O) groups excluding carboxylic acids is 1. The van der Waals surface area contributed by atoms with Gasteiger partial charge in [0.2, 0.25) is 5.91 Å². The number of nitrogens with one attached hydrogen (secondary N) is 1. The minimum Gasteiger partial charge on any atom is -0.331 e. The number of aromatic nitrogens is 2. The summed E-state index contributed by atoms with van der Waals surface area (Å²) in [5, 5.41) is 3.77. The van der Waals surface area contributed by atoms with Crippen molar-refractivity contribution in [3.8, 4) is 0 Å². The standard InChI is InChI=1S/C18H15F3N4O/c1-25-15-5-3-2-4-14(15)23-16(25)10-17(26)24-22-11-12-6-8-13(9-7-12)18(19,20)21/h2-9,11H,10H2,1H3,(H,24,26)/b22-11+. The zero-order valence-electron chi connectivity index (χ0n) is 13.8. The highest BCUT2D eigenvalue weighted by Crippen LogP contribution is 2.28. The molecule has 1 amide bonds. The fourth-order valence-electron chi connectivity index (χ4n) is 2.47. The molecule has 0 aliphatic carbocycles. The number of hydrazone groups is 1. The third kappa shape index (κ3) is 3.90. The van der Waals surface area contributed by atoms with Gasteiger partial charge in [0.25, 0.3) is 0 Å². The van der Waals surface area contributed by atoms with Crippen LogP contribution in [0.1, 0.15) is 17.0 Å². The summed E-state index contributed by atoms with van der Waals surface area (Å²) in [6.07, 6.45) is -3.06. The molecule has 134 valence electrons. The molecule has 0 aliphatic heterocycles. The van der Waals surface area contributed by atoms with Crippen LogP contribution in [0.5, 0.6) is 0 Å². The first kappa shape index (κ1) is 17.7. The Morgan fingerprint density at radius 1 is 1.19 bits per heavy atom.